The molecule has 0 unspecified atom stereocenters. The lowest BCUT2D eigenvalue weighted by Crippen LogP contribution is -2.26. The predicted molar refractivity (Wildman–Crippen MR) is 95.1 cm³/mol. The number of nitrogens with zero attached hydrogens (tertiary/aromatic N) is 2. The molecule has 1 aromatic carbocycles. The Morgan fingerprint density at radius 3 is 2.57 bits per heavy atom. The average molecular weight is 311 g/mol. The van der Waals surface area contributed by atoms with Gasteiger partial charge in [-0.25, -0.2) is 0 Å². The molecule has 2 aromatic rings. The third-order valence-corrected chi connectivity index (χ3v) is 3.68. The fourth-order valence-electron chi connectivity index (χ4n) is 2.40. The summed E-state index contributed by atoms with van der Waals surface area (Å²) < 4.78 is 0. The Balaban J connectivity index is 2.13. The highest BCUT2D eigenvalue weighted by molar-refractivity contribution is 5.93. The van der Waals surface area contributed by atoms with Crippen molar-refractivity contribution in [2.24, 2.45) is 5.92 Å². The molecule has 1 aromatic heterocycles. The summed E-state index contributed by atoms with van der Waals surface area (Å²) in [5, 5.41) is 2.93. The lowest BCUT2D eigenvalue weighted by atomic mass is 10.1. The number of nitrogens with one attached hydrogen (secondary N) is 1. The number of anilines is 2. The quantitative estimate of drug-likeness (QED) is 0.840. The second-order valence-corrected chi connectivity index (χ2v) is 5.92. The zero-order valence-corrected chi connectivity index (χ0v) is 14.1. The van der Waals surface area contributed by atoms with Gasteiger partial charge in [0.1, 0.15) is 5.69 Å². The van der Waals surface area contributed by atoms with Crippen molar-refractivity contribution in [3.8, 4) is 0 Å². The Bertz CT molecular complexity index is 626. The Morgan fingerprint density at radius 1 is 1.17 bits per heavy atom. The fourth-order valence-corrected chi connectivity index (χ4v) is 2.40. The second kappa shape index (κ2) is 8.32. The third kappa shape index (κ3) is 4.81. The first-order chi connectivity index (χ1) is 11.1. The first kappa shape index (κ1) is 17.0. The molecule has 2 rings (SSSR count). The monoisotopic (exact) mass is 311 g/mol. The van der Waals surface area contributed by atoms with Gasteiger partial charge in [0.15, 0.2) is 0 Å². The van der Waals surface area contributed by atoms with Crippen LogP contribution in [-0.4, -0.2) is 24.0 Å². The number of aromatic nitrogens is 1. The molecule has 4 heteroatoms. The molecule has 0 saturated heterocycles. The molecule has 4 nitrogen and oxygen atoms in total. The van der Waals surface area contributed by atoms with E-state index < -0.39 is 0 Å². The molecule has 0 saturated carbocycles. The number of para-hydroxylation sites is 1. The smallest absolute Gasteiger partial charge is 0.269 e. The molecule has 0 bridgehead atoms. The van der Waals surface area contributed by atoms with Gasteiger partial charge in [0.05, 0.1) is 0 Å². The maximum atomic E-state index is 12.2. The molecular formula is C19H25N3O. The Kier molecular flexibility index (Phi) is 6.15. The maximum Gasteiger partial charge on any atom is 0.269 e. The summed E-state index contributed by atoms with van der Waals surface area (Å²) in [4.78, 5) is 18.6. The van der Waals surface area contributed by atoms with Crippen LogP contribution in [0.2, 0.25) is 0 Å². The molecule has 0 aliphatic heterocycles. The highest BCUT2D eigenvalue weighted by Crippen LogP contribution is 2.24. The SMILES string of the molecule is CCN(c1ccccc1)c1ccnc(C(=O)NCCC(C)C)c1. The van der Waals surface area contributed by atoms with Gasteiger partial charge in [-0.15, -0.1) is 0 Å². The molecule has 0 radical (unpaired) electrons. The number of pyridine rings is 1. The van der Waals surface area contributed by atoms with Crippen LogP contribution >= 0.6 is 0 Å². The molecule has 0 atom stereocenters. The van der Waals surface area contributed by atoms with Crippen LogP contribution in [0.1, 0.15) is 37.7 Å². The normalized spacial score (nSPS) is 10.6. The molecular weight excluding hydrogens is 286 g/mol. The van der Waals surface area contributed by atoms with E-state index in [0.29, 0.717) is 18.2 Å². The number of hydrogen-bond acceptors (Lipinski definition) is 3. The lowest BCUT2D eigenvalue weighted by Gasteiger charge is -2.23. The van der Waals surface area contributed by atoms with E-state index in [1.807, 2.05) is 30.3 Å². The summed E-state index contributed by atoms with van der Waals surface area (Å²) >= 11 is 0. The van der Waals surface area contributed by atoms with E-state index in [2.05, 4.69) is 48.1 Å². The van der Waals surface area contributed by atoms with E-state index in [4.69, 9.17) is 0 Å². The van der Waals surface area contributed by atoms with Crippen molar-refractivity contribution < 1.29 is 4.79 Å². The summed E-state index contributed by atoms with van der Waals surface area (Å²) in [6.07, 6.45) is 2.66. The average Bonchev–Trinajstić information content (AvgIpc) is 2.56. The van der Waals surface area contributed by atoms with E-state index in [-0.39, 0.29) is 5.91 Å². The molecule has 0 fully saturated rings. The first-order valence-electron chi connectivity index (χ1n) is 8.18. The number of hydrogen-bond donors (Lipinski definition) is 1. The van der Waals surface area contributed by atoms with Crippen LogP contribution < -0.4 is 10.2 Å². The Hall–Kier alpha value is -2.36. The summed E-state index contributed by atoms with van der Waals surface area (Å²) in [7, 11) is 0. The van der Waals surface area contributed by atoms with Crippen LogP contribution in [0.25, 0.3) is 0 Å². The highest BCUT2D eigenvalue weighted by atomic mass is 16.1. The van der Waals surface area contributed by atoms with Gasteiger partial charge in [0.25, 0.3) is 5.91 Å². The lowest BCUT2D eigenvalue weighted by molar-refractivity contribution is 0.0947. The van der Waals surface area contributed by atoms with Crippen molar-refractivity contribution in [1.29, 1.82) is 0 Å². The van der Waals surface area contributed by atoms with Gasteiger partial charge < -0.3 is 10.2 Å². The highest BCUT2D eigenvalue weighted by Gasteiger charge is 2.12. The largest absolute Gasteiger partial charge is 0.351 e. The number of benzene rings is 1. The molecule has 23 heavy (non-hydrogen) atoms. The minimum Gasteiger partial charge on any atom is -0.351 e. The van der Waals surface area contributed by atoms with Gasteiger partial charge >= 0.3 is 0 Å². The predicted octanol–water partition coefficient (Wildman–Crippen LogP) is 4.02. The molecule has 0 aliphatic carbocycles. The zero-order valence-electron chi connectivity index (χ0n) is 14.1. The fraction of sp³-hybridized carbons (Fsp3) is 0.368. The third-order valence-electron chi connectivity index (χ3n) is 3.68. The number of carbonyl (C=O) groups is 1. The summed E-state index contributed by atoms with van der Waals surface area (Å²) in [5.41, 5.74) is 2.54. The first-order valence-corrected chi connectivity index (χ1v) is 8.18. The summed E-state index contributed by atoms with van der Waals surface area (Å²) in [6, 6.07) is 13.9. The van der Waals surface area contributed by atoms with Crippen LogP contribution in [0.3, 0.4) is 0 Å². The van der Waals surface area contributed by atoms with Crippen LogP contribution in [0.5, 0.6) is 0 Å². The van der Waals surface area contributed by atoms with Crippen molar-refractivity contribution in [2.75, 3.05) is 18.0 Å². The van der Waals surface area contributed by atoms with Crippen LogP contribution in [-0.2, 0) is 0 Å². The maximum absolute atomic E-state index is 12.2. The second-order valence-electron chi connectivity index (χ2n) is 5.92. The van der Waals surface area contributed by atoms with Crippen molar-refractivity contribution in [2.45, 2.75) is 27.2 Å². The van der Waals surface area contributed by atoms with Crippen molar-refractivity contribution in [3.63, 3.8) is 0 Å². The van der Waals surface area contributed by atoms with Gasteiger partial charge in [0, 0.05) is 30.7 Å². The molecule has 1 heterocycles. The topological polar surface area (TPSA) is 45.2 Å². The van der Waals surface area contributed by atoms with E-state index in [9.17, 15) is 4.79 Å². The van der Waals surface area contributed by atoms with Gasteiger partial charge in [-0.1, -0.05) is 32.0 Å². The van der Waals surface area contributed by atoms with Crippen LogP contribution in [0.15, 0.2) is 48.7 Å². The molecule has 0 spiro atoms. The molecule has 122 valence electrons. The Labute approximate surface area is 138 Å². The minimum atomic E-state index is -0.114. The van der Waals surface area contributed by atoms with Gasteiger partial charge in [-0.05, 0) is 43.5 Å². The summed E-state index contributed by atoms with van der Waals surface area (Å²) in [5.74, 6) is 0.458. The van der Waals surface area contributed by atoms with Crippen LogP contribution in [0, 0.1) is 5.92 Å². The summed E-state index contributed by atoms with van der Waals surface area (Å²) in [6.45, 7) is 7.88. The van der Waals surface area contributed by atoms with Crippen molar-refractivity contribution >= 4 is 17.3 Å². The van der Waals surface area contributed by atoms with Crippen molar-refractivity contribution in [1.82, 2.24) is 10.3 Å². The van der Waals surface area contributed by atoms with Gasteiger partial charge in [0.2, 0.25) is 0 Å². The number of rotatable bonds is 7. The number of amides is 1. The molecule has 0 aliphatic rings. The van der Waals surface area contributed by atoms with E-state index in [1.54, 1.807) is 6.20 Å². The molecule has 1 amide bonds. The van der Waals surface area contributed by atoms with Gasteiger partial charge in [-0.3, -0.25) is 9.78 Å². The number of carbonyl (C=O) groups excluding carboxylic acids is 1. The minimum absolute atomic E-state index is 0.114. The zero-order chi connectivity index (χ0) is 16.7. The van der Waals surface area contributed by atoms with Crippen LogP contribution in [0.4, 0.5) is 11.4 Å². The van der Waals surface area contributed by atoms with E-state index >= 15 is 0 Å². The van der Waals surface area contributed by atoms with E-state index in [0.717, 1.165) is 24.3 Å². The Morgan fingerprint density at radius 2 is 1.91 bits per heavy atom. The van der Waals surface area contributed by atoms with Gasteiger partial charge in [-0.2, -0.15) is 0 Å². The molecule has 1 N–H and O–H groups in total. The van der Waals surface area contributed by atoms with Crippen molar-refractivity contribution in [3.05, 3.63) is 54.4 Å². The standard InChI is InChI=1S/C19H25N3O/c1-4-22(16-8-6-5-7-9-16)17-11-13-20-18(14-17)19(23)21-12-10-15(2)3/h5-9,11,13-15H,4,10,12H2,1-3H3,(H,21,23). The van der Waals surface area contributed by atoms with E-state index in [1.165, 1.54) is 0 Å².